The maximum atomic E-state index is 11.6. The Hall–Kier alpha value is -3.49. The summed E-state index contributed by atoms with van der Waals surface area (Å²) in [5.74, 6) is -2.07. The molecule has 0 amide bonds. The fourth-order valence-corrected chi connectivity index (χ4v) is 6.41. The Morgan fingerprint density at radius 1 is 0.732 bits per heavy atom. The van der Waals surface area contributed by atoms with Gasteiger partial charge in [-0.1, -0.05) is 115 Å². The minimum absolute atomic E-state index is 0. The van der Waals surface area contributed by atoms with Gasteiger partial charge in [0.15, 0.2) is 5.92 Å². The maximum absolute atomic E-state index is 11.6. The summed E-state index contributed by atoms with van der Waals surface area (Å²) in [6.07, 6.45) is 10.4. The molecule has 0 N–H and O–H groups in total. The van der Waals surface area contributed by atoms with Gasteiger partial charge in [0.25, 0.3) is 0 Å². The molecule has 8 heteroatoms. The molecule has 0 radical (unpaired) electrons. The van der Waals surface area contributed by atoms with E-state index in [1.807, 2.05) is 18.2 Å². The average Bonchev–Trinajstić information content (AvgIpc) is 3.02. The number of methoxy groups -OCH3 is 2. The second kappa shape index (κ2) is 23.2. The van der Waals surface area contributed by atoms with Crippen molar-refractivity contribution < 1.29 is 45.4 Å². The molecule has 3 aromatic carbocycles. The molecule has 1 unspecified atom stereocenters. The van der Waals surface area contributed by atoms with Gasteiger partial charge in [0.05, 0.1) is 14.2 Å². The zero-order valence-electron chi connectivity index (χ0n) is 23.0. The predicted octanol–water partition coefficient (Wildman–Crippen LogP) is 5.23. The van der Waals surface area contributed by atoms with Crippen LogP contribution in [0.3, 0.4) is 0 Å². The van der Waals surface area contributed by atoms with Crippen molar-refractivity contribution >= 4 is 35.8 Å². The smallest absolute Gasteiger partial charge is 0 e. The van der Waals surface area contributed by atoms with Gasteiger partial charge >= 0.3 is 34.5 Å². The maximum Gasteiger partial charge on any atom is 0 e. The van der Waals surface area contributed by atoms with Gasteiger partial charge in [0.1, 0.15) is 0 Å². The average molecular weight is 612 g/mol. The van der Waals surface area contributed by atoms with Crippen molar-refractivity contribution in [3.05, 3.63) is 129 Å². The molecular formula is C33H33FeO6P. The fourth-order valence-electron chi connectivity index (χ4n) is 4.11. The van der Waals surface area contributed by atoms with Gasteiger partial charge in [0.2, 0.25) is 0 Å². The van der Waals surface area contributed by atoms with Crippen molar-refractivity contribution in [1.29, 1.82) is 0 Å². The summed E-state index contributed by atoms with van der Waals surface area (Å²) in [6.45, 7) is 9.00. The third kappa shape index (κ3) is 12.7. The van der Waals surface area contributed by atoms with Crippen molar-refractivity contribution in [2.24, 2.45) is 11.8 Å². The molecule has 0 heterocycles. The van der Waals surface area contributed by atoms with E-state index in [0.717, 1.165) is 19.3 Å². The SMILES string of the molecule is COC(=O)C(C(=O)OC)C1/C=C\C=C/CCC1.[C-]#[O+].[C-]#[O+].[Fe].c1ccc(P(c2ccccc2)c2ccccc2)cc1. The van der Waals surface area contributed by atoms with Crippen LogP contribution in [0.15, 0.2) is 115 Å². The summed E-state index contributed by atoms with van der Waals surface area (Å²) < 4.78 is 24.3. The molecular weight excluding hydrogens is 579 g/mol. The standard InChI is InChI=1S/C18H15P.C13H18O4.2CO.Fe/c1-4-10-16(11-5-1)19(17-12-6-2-7-13-17)18-14-8-3-9-15-18;1-16-12(14)11(13(15)17-2)10-8-6-4-3-5-7-9-10;2*1-2;/h1-15H;3-4,6,8,10-11H,5,7,9H2,1-2H3;;;/b;4-3-,8-6-;;;. The number of rotatable bonds is 6. The normalized spacial score (nSPS) is 14.7. The molecule has 1 atom stereocenters. The van der Waals surface area contributed by atoms with Gasteiger partial charge in [-0.3, -0.25) is 9.59 Å². The molecule has 0 fully saturated rings. The van der Waals surface area contributed by atoms with E-state index in [9.17, 15) is 9.59 Å². The number of carbonyl (C=O) groups excluding carboxylic acids is 2. The van der Waals surface area contributed by atoms with Crippen LogP contribution in [0, 0.1) is 25.1 Å². The first kappa shape index (κ1) is 37.5. The molecule has 4 rings (SSSR count). The Morgan fingerprint density at radius 2 is 1.12 bits per heavy atom. The van der Waals surface area contributed by atoms with Crippen LogP contribution in [0.25, 0.3) is 0 Å². The number of benzene rings is 3. The molecule has 1 aliphatic rings. The second-order valence-corrected chi connectivity index (χ2v) is 10.5. The first-order chi connectivity index (χ1) is 19.7. The summed E-state index contributed by atoms with van der Waals surface area (Å²) in [4.78, 5) is 23.3. The topological polar surface area (TPSA) is 92.4 Å². The van der Waals surface area contributed by atoms with Crippen LogP contribution in [0.2, 0.25) is 0 Å². The number of hydrogen-bond donors (Lipinski definition) is 0. The van der Waals surface area contributed by atoms with Gasteiger partial charge in [-0.15, -0.1) is 0 Å². The minimum Gasteiger partial charge on any atom is -0.0622 e. The second-order valence-electron chi connectivity index (χ2n) is 8.27. The van der Waals surface area contributed by atoms with Crippen molar-refractivity contribution in [2.45, 2.75) is 19.3 Å². The van der Waals surface area contributed by atoms with E-state index in [0.29, 0.717) is 0 Å². The fraction of sp³-hybridized carbons (Fsp3) is 0.212. The van der Waals surface area contributed by atoms with Crippen LogP contribution in [0.4, 0.5) is 0 Å². The summed E-state index contributed by atoms with van der Waals surface area (Å²) in [5, 5.41) is 4.19. The quantitative estimate of drug-likeness (QED) is 0.0953. The van der Waals surface area contributed by atoms with E-state index in [1.54, 1.807) is 0 Å². The summed E-state index contributed by atoms with van der Waals surface area (Å²) in [5.41, 5.74) is 0. The largest absolute Gasteiger partial charge is 0.0622 e. The van der Waals surface area contributed by atoms with E-state index in [-0.39, 0.29) is 23.0 Å². The molecule has 0 aliphatic heterocycles. The van der Waals surface area contributed by atoms with Crippen molar-refractivity contribution in [1.82, 2.24) is 0 Å². The number of allylic oxidation sites excluding steroid dienone is 4. The number of hydrogen-bond acceptors (Lipinski definition) is 4. The van der Waals surface area contributed by atoms with Gasteiger partial charge in [0, 0.05) is 23.0 Å². The molecule has 6 nitrogen and oxygen atoms in total. The van der Waals surface area contributed by atoms with Gasteiger partial charge in [-0.25, -0.2) is 0 Å². The van der Waals surface area contributed by atoms with Crippen molar-refractivity contribution in [2.75, 3.05) is 14.2 Å². The van der Waals surface area contributed by atoms with Crippen LogP contribution in [-0.4, -0.2) is 26.2 Å². The first-order valence-corrected chi connectivity index (χ1v) is 13.8. The zero-order chi connectivity index (χ0) is 29.6. The molecule has 41 heavy (non-hydrogen) atoms. The number of ether oxygens (including phenoxy) is 2. The van der Waals surface area contributed by atoms with E-state index >= 15 is 0 Å². The summed E-state index contributed by atoms with van der Waals surface area (Å²) in [7, 11) is 2.12. The van der Waals surface area contributed by atoms with Gasteiger partial charge < -0.3 is 9.47 Å². The van der Waals surface area contributed by atoms with Crippen molar-refractivity contribution in [3.8, 4) is 0 Å². The van der Waals surface area contributed by atoms with E-state index < -0.39 is 25.8 Å². The van der Waals surface area contributed by atoms with Crippen LogP contribution < -0.4 is 15.9 Å². The van der Waals surface area contributed by atoms with E-state index in [1.165, 1.54) is 30.1 Å². The van der Waals surface area contributed by atoms with E-state index in [4.69, 9.17) is 9.30 Å². The Balaban J connectivity index is 0.000000686. The molecule has 0 aromatic heterocycles. The molecule has 214 valence electrons. The van der Waals surface area contributed by atoms with Gasteiger partial charge in [-0.05, 0) is 43.1 Å². The Bertz CT molecular complexity index is 1110. The zero-order valence-corrected chi connectivity index (χ0v) is 25.0. The first-order valence-electron chi connectivity index (χ1n) is 12.5. The Labute approximate surface area is 254 Å². The number of carbonyl (C=O) groups is 2. The minimum atomic E-state index is -0.854. The predicted molar refractivity (Wildman–Crippen MR) is 156 cm³/mol. The summed E-state index contributed by atoms with van der Waals surface area (Å²) in [6, 6.07) is 32.3. The monoisotopic (exact) mass is 612 g/mol. The molecule has 3 aromatic rings. The molecule has 0 spiro atoms. The van der Waals surface area contributed by atoms with Crippen LogP contribution in [0.1, 0.15) is 19.3 Å². The summed E-state index contributed by atoms with van der Waals surface area (Å²) >= 11 is 0. The van der Waals surface area contributed by atoms with Crippen LogP contribution in [-0.2, 0) is 45.4 Å². The van der Waals surface area contributed by atoms with Gasteiger partial charge in [-0.2, -0.15) is 0 Å². The Kier molecular flexibility index (Phi) is 21.3. The molecule has 0 bridgehead atoms. The molecule has 0 saturated carbocycles. The third-order valence-corrected chi connectivity index (χ3v) is 8.34. The Morgan fingerprint density at radius 3 is 1.49 bits per heavy atom. The molecule has 1 aliphatic carbocycles. The number of esters is 2. The van der Waals surface area contributed by atoms with E-state index in [2.05, 4.69) is 120 Å². The van der Waals surface area contributed by atoms with Crippen LogP contribution >= 0.6 is 7.92 Å². The third-order valence-electron chi connectivity index (χ3n) is 5.90. The van der Waals surface area contributed by atoms with Crippen LogP contribution in [0.5, 0.6) is 0 Å². The van der Waals surface area contributed by atoms with Crippen molar-refractivity contribution in [3.63, 3.8) is 0 Å². The molecule has 0 saturated heterocycles.